The topological polar surface area (TPSA) is 0 Å². The van der Waals surface area contributed by atoms with Crippen molar-refractivity contribution in [2.45, 2.75) is 46.7 Å². The molecule has 4 heteroatoms. The Balaban J connectivity index is 0.00000162. The molecule has 19 heavy (non-hydrogen) atoms. The number of hydrogen-bond donors (Lipinski definition) is 0. The molecule has 0 nitrogen and oxygen atoms in total. The van der Waals surface area contributed by atoms with Crippen LogP contribution in [0.4, 0.5) is 0 Å². The summed E-state index contributed by atoms with van der Waals surface area (Å²) in [4.78, 5) is 0. The molecule has 104 valence electrons. The van der Waals surface area contributed by atoms with Crippen molar-refractivity contribution in [1.82, 2.24) is 0 Å². The summed E-state index contributed by atoms with van der Waals surface area (Å²) in [6.07, 6.45) is 9.43. The Morgan fingerprint density at radius 1 is 1.05 bits per heavy atom. The number of halogens is 2. The van der Waals surface area contributed by atoms with E-state index in [1.54, 1.807) is 16.7 Å². The van der Waals surface area contributed by atoms with Gasteiger partial charge in [-0.2, -0.15) is 0 Å². The van der Waals surface area contributed by atoms with Crippen LogP contribution in [0.1, 0.15) is 33.6 Å². The molecule has 0 bridgehead atoms. The standard InChI is InChI=1S/C8H11.C5H5.C2H6Si.2ClH.Ti/c1-6-4-5-7(2)8(6)3;1-2-4-5-3-1;1-3-2;;;/h4H2,1-3H3;1-3H,4H2;1-2H3;2*1H;/q;;;;;+2/p-2. The summed E-state index contributed by atoms with van der Waals surface area (Å²) in [6, 6.07) is 0. The van der Waals surface area contributed by atoms with Crippen LogP contribution in [0, 0.1) is 0 Å². The third-order valence-corrected chi connectivity index (χ3v) is 15.6. The summed E-state index contributed by atoms with van der Waals surface area (Å²) < 4.78 is 3.70. The second-order valence-electron chi connectivity index (χ2n) is 5.38. The van der Waals surface area contributed by atoms with Crippen LogP contribution in [0.5, 0.6) is 0 Å². The molecule has 0 N–H and O–H groups in total. The van der Waals surface area contributed by atoms with Gasteiger partial charge in [0.15, 0.2) is 0 Å². The molecule has 0 heterocycles. The van der Waals surface area contributed by atoms with Gasteiger partial charge in [-0.1, -0.05) is 0 Å². The summed E-state index contributed by atoms with van der Waals surface area (Å²) >= 11 is -1.12. The predicted molar refractivity (Wildman–Crippen MR) is 75.0 cm³/mol. The fourth-order valence-electron chi connectivity index (χ4n) is 2.80. The van der Waals surface area contributed by atoms with Crippen LogP contribution in [-0.4, -0.2) is 6.19 Å². The molecule has 0 radical (unpaired) electrons. The van der Waals surface area contributed by atoms with Crippen LogP contribution in [-0.2, 0) is 16.6 Å². The molecule has 0 atom stereocenters. The molecule has 0 spiro atoms. The van der Waals surface area contributed by atoms with E-state index in [2.05, 4.69) is 52.1 Å². The summed E-state index contributed by atoms with van der Waals surface area (Å²) in [5.41, 5.74) is 4.86. The van der Waals surface area contributed by atoms with Gasteiger partial charge in [0.2, 0.25) is 0 Å². The van der Waals surface area contributed by atoms with Crippen LogP contribution in [0.2, 0.25) is 13.1 Å². The van der Waals surface area contributed by atoms with Crippen molar-refractivity contribution in [2.24, 2.45) is 0 Å². The van der Waals surface area contributed by atoms with Crippen molar-refractivity contribution in [3.63, 3.8) is 0 Å². The van der Waals surface area contributed by atoms with E-state index in [9.17, 15) is 0 Å². The maximum absolute atomic E-state index is 2.53. The van der Waals surface area contributed by atoms with Crippen LogP contribution >= 0.6 is 0 Å². The van der Waals surface area contributed by atoms with E-state index in [0.29, 0.717) is 0 Å². The molecule has 0 aliphatic heterocycles. The monoisotopic (exact) mass is 348 g/mol. The molecule has 0 saturated carbocycles. The first-order chi connectivity index (χ1) is 8.02. The third kappa shape index (κ3) is 3.98. The fourth-order valence-corrected chi connectivity index (χ4v) is 14.9. The Bertz CT molecular complexity index is 518. The summed E-state index contributed by atoms with van der Waals surface area (Å²) in [5, 5.41) is 0. The fraction of sp³-hybridized carbons (Fsp3) is 0.467. The normalized spacial score (nSPS) is 16.7. The smallest absolute Gasteiger partial charge is 1.00 e. The SMILES string of the molecule is CC1=C(C)C(C)=[C]([Ti+2]([C]2=CC=CC2)=[Si](C)C)C1.[Cl-].[Cl-]. The second kappa shape index (κ2) is 8.05. The minimum absolute atomic E-state index is 0. The van der Waals surface area contributed by atoms with Crippen molar-refractivity contribution in [2.75, 3.05) is 0 Å². The zero-order chi connectivity index (χ0) is 12.6. The molecule has 2 rings (SSSR count). The Morgan fingerprint density at radius 3 is 2.05 bits per heavy atom. The first-order valence-electron chi connectivity index (χ1n) is 6.42. The first kappa shape index (κ1) is 19.5. The van der Waals surface area contributed by atoms with E-state index in [4.69, 9.17) is 0 Å². The average Bonchev–Trinajstić information content (AvgIpc) is 2.85. The van der Waals surface area contributed by atoms with Crippen molar-refractivity contribution < 1.29 is 41.4 Å². The Morgan fingerprint density at radius 2 is 1.68 bits per heavy atom. The molecule has 0 fully saturated rings. The summed E-state index contributed by atoms with van der Waals surface area (Å²) in [5.74, 6) is 0. The van der Waals surface area contributed by atoms with Gasteiger partial charge in [-0.3, -0.25) is 0 Å². The van der Waals surface area contributed by atoms with Crippen LogP contribution in [0.25, 0.3) is 0 Å². The van der Waals surface area contributed by atoms with Gasteiger partial charge < -0.3 is 24.8 Å². The Hall–Kier alpha value is 0.471. The van der Waals surface area contributed by atoms with Gasteiger partial charge in [-0.25, -0.2) is 0 Å². The molecule has 0 aromatic carbocycles. The zero-order valence-corrected chi connectivity index (χ0v) is 16.5. The third-order valence-electron chi connectivity index (χ3n) is 3.99. The minimum Gasteiger partial charge on any atom is -1.00 e. The summed E-state index contributed by atoms with van der Waals surface area (Å²) in [7, 11) is 0. The molecular weight excluding hydrogens is 327 g/mol. The van der Waals surface area contributed by atoms with Crippen LogP contribution in [0.15, 0.2) is 42.7 Å². The quantitative estimate of drug-likeness (QED) is 0.545. The largest absolute Gasteiger partial charge is 1.00 e. The second-order valence-corrected chi connectivity index (χ2v) is 17.2. The molecular formula is C15H22Cl2SiTi. The predicted octanol–water partition coefficient (Wildman–Crippen LogP) is -1.28. The van der Waals surface area contributed by atoms with E-state index in [1.165, 1.54) is 12.8 Å². The van der Waals surface area contributed by atoms with E-state index in [0.717, 1.165) is 0 Å². The molecule has 2 aliphatic carbocycles. The van der Waals surface area contributed by atoms with E-state index < -0.39 is 16.6 Å². The molecule has 0 aromatic heterocycles. The van der Waals surface area contributed by atoms with E-state index >= 15 is 0 Å². The molecule has 2 aliphatic rings. The van der Waals surface area contributed by atoms with Gasteiger partial charge in [0.05, 0.1) is 0 Å². The number of hydrogen-bond acceptors (Lipinski definition) is 0. The van der Waals surface area contributed by atoms with Crippen molar-refractivity contribution in [3.8, 4) is 0 Å². The Labute approximate surface area is 136 Å². The molecule has 0 unspecified atom stereocenters. The minimum atomic E-state index is -1.12. The average molecular weight is 349 g/mol. The molecule has 0 saturated heterocycles. The molecule has 0 aromatic rings. The van der Waals surface area contributed by atoms with E-state index in [-0.39, 0.29) is 31.0 Å². The number of allylic oxidation sites excluding steroid dienone is 8. The van der Waals surface area contributed by atoms with Crippen molar-refractivity contribution in [3.05, 3.63) is 42.7 Å². The van der Waals surface area contributed by atoms with Crippen molar-refractivity contribution in [1.29, 1.82) is 0 Å². The van der Waals surface area contributed by atoms with Gasteiger partial charge in [-0.15, -0.1) is 0 Å². The van der Waals surface area contributed by atoms with Gasteiger partial charge in [0.25, 0.3) is 0 Å². The van der Waals surface area contributed by atoms with Gasteiger partial charge in [0.1, 0.15) is 0 Å². The molecule has 0 amide bonds. The van der Waals surface area contributed by atoms with Crippen LogP contribution < -0.4 is 24.8 Å². The number of rotatable bonds is 2. The van der Waals surface area contributed by atoms with Crippen LogP contribution in [0.3, 0.4) is 0 Å². The van der Waals surface area contributed by atoms with Crippen molar-refractivity contribution >= 4 is 6.19 Å². The van der Waals surface area contributed by atoms with E-state index in [1.807, 2.05) is 7.76 Å². The first-order valence-corrected chi connectivity index (χ1v) is 12.8. The van der Waals surface area contributed by atoms with Gasteiger partial charge in [-0.05, 0) is 0 Å². The Kier molecular flexibility index (Phi) is 8.25. The maximum atomic E-state index is 2.53. The van der Waals surface area contributed by atoms with Gasteiger partial charge >= 0.3 is 112 Å². The zero-order valence-electron chi connectivity index (χ0n) is 12.4. The van der Waals surface area contributed by atoms with Gasteiger partial charge in [0, 0.05) is 0 Å². The summed E-state index contributed by atoms with van der Waals surface area (Å²) in [6.45, 7) is 12.1. The maximum Gasteiger partial charge on any atom is -1.00 e.